The van der Waals surface area contributed by atoms with Gasteiger partial charge in [0.1, 0.15) is 0 Å². The van der Waals surface area contributed by atoms with Crippen LogP contribution in [0.4, 0.5) is 0 Å². The van der Waals surface area contributed by atoms with Crippen molar-refractivity contribution in [2.45, 2.75) is 18.2 Å². The van der Waals surface area contributed by atoms with Gasteiger partial charge in [-0.1, -0.05) is 77.8 Å². The van der Waals surface area contributed by atoms with Crippen molar-refractivity contribution in [3.8, 4) is 0 Å². The third kappa shape index (κ3) is 5.55. The summed E-state index contributed by atoms with van der Waals surface area (Å²) in [4.78, 5) is 0.286. The van der Waals surface area contributed by atoms with Crippen molar-refractivity contribution in [2.75, 3.05) is 6.54 Å². The highest BCUT2D eigenvalue weighted by molar-refractivity contribution is 7.89. The van der Waals surface area contributed by atoms with Gasteiger partial charge in [0.2, 0.25) is 10.0 Å². The Morgan fingerprint density at radius 2 is 1.57 bits per heavy atom. The van der Waals surface area contributed by atoms with Gasteiger partial charge in [-0.25, -0.2) is 13.1 Å². The van der Waals surface area contributed by atoms with Crippen molar-refractivity contribution in [1.29, 1.82) is 0 Å². The zero-order valence-electron chi connectivity index (χ0n) is 15.6. The number of hydrogen-bond donors (Lipinski definition) is 1. The third-order valence-electron chi connectivity index (χ3n) is 4.40. The number of benzene rings is 3. The van der Waals surface area contributed by atoms with Gasteiger partial charge in [-0.05, 0) is 54.3 Å². The van der Waals surface area contributed by atoms with E-state index in [2.05, 4.69) is 4.72 Å². The van der Waals surface area contributed by atoms with E-state index in [0.717, 1.165) is 22.3 Å². The van der Waals surface area contributed by atoms with E-state index in [0.29, 0.717) is 18.0 Å². The van der Waals surface area contributed by atoms with Gasteiger partial charge in [0.25, 0.3) is 0 Å². The lowest BCUT2D eigenvalue weighted by Gasteiger charge is -2.09. The Balaban J connectivity index is 1.66. The minimum absolute atomic E-state index is 0.286. The van der Waals surface area contributed by atoms with Crippen molar-refractivity contribution in [2.24, 2.45) is 0 Å². The molecule has 28 heavy (non-hydrogen) atoms. The van der Waals surface area contributed by atoms with Crippen LogP contribution < -0.4 is 4.72 Å². The fourth-order valence-electron chi connectivity index (χ4n) is 2.81. The van der Waals surface area contributed by atoms with Gasteiger partial charge in [0.15, 0.2) is 0 Å². The van der Waals surface area contributed by atoms with Gasteiger partial charge in [-0.2, -0.15) is 0 Å². The van der Waals surface area contributed by atoms with Crippen molar-refractivity contribution >= 4 is 33.8 Å². The summed E-state index contributed by atoms with van der Waals surface area (Å²) in [7, 11) is -3.50. The number of aryl methyl sites for hydroxylation is 1. The minimum Gasteiger partial charge on any atom is -0.211 e. The number of hydrogen-bond acceptors (Lipinski definition) is 2. The van der Waals surface area contributed by atoms with Crippen LogP contribution in [0, 0.1) is 6.92 Å². The largest absolute Gasteiger partial charge is 0.240 e. The molecular formula is C23H22ClNO2S. The van der Waals surface area contributed by atoms with Crippen LogP contribution >= 0.6 is 11.6 Å². The smallest absolute Gasteiger partial charge is 0.211 e. The lowest BCUT2D eigenvalue weighted by atomic mass is 10.0. The van der Waals surface area contributed by atoms with Crippen LogP contribution in [0.2, 0.25) is 5.02 Å². The van der Waals surface area contributed by atoms with Crippen LogP contribution in [0.25, 0.3) is 12.2 Å². The molecule has 0 atom stereocenters. The van der Waals surface area contributed by atoms with Gasteiger partial charge in [-0.15, -0.1) is 0 Å². The predicted octanol–water partition coefficient (Wildman–Crippen LogP) is 5.34. The molecule has 0 amide bonds. The molecule has 1 N–H and O–H groups in total. The highest BCUT2D eigenvalue weighted by Gasteiger charge is 2.13. The molecule has 0 fully saturated rings. The van der Waals surface area contributed by atoms with Crippen LogP contribution in [0.5, 0.6) is 0 Å². The normalized spacial score (nSPS) is 11.8. The van der Waals surface area contributed by atoms with E-state index in [1.165, 1.54) is 0 Å². The van der Waals surface area contributed by atoms with E-state index in [9.17, 15) is 8.42 Å². The lowest BCUT2D eigenvalue weighted by molar-refractivity contribution is 0.581. The van der Waals surface area contributed by atoms with E-state index in [4.69, 9.17) is 11.6 Å². The molecule has 3 aromatic carbocycles. The molecule has 0 heterocycles. The Labute approximate surface area is 171 Å². The molecule has 0 aliphatic heterocycles. The van der Waals surface area contributed by atoms with Crippen molar-refractivity contribution < 1.29 is 8.42 Å². The fraction of sp³-hybridized carbons (Fsp3) is 0.130. The summed E-state index contributed by atoms with van der Waals surface area (Å²) in [5.41, 5.74) is 4.23. The SMILES string of the molecule is Cc1ccc(S(=O)(=O)NCCc2ccccc2/C=C/c2ccc(Cl)cc2)cc1. The molecule has 3 rings (SSSR count). The molecule has 3 aromatic rings. The molecule has 5 heteroatoms. The standard InChI is InChI=1S/C23H22ClNO2S/c1-18-6-14-23(15-7-18)28(26,27)25-17-16-21-5-3-2-4-20(21)11-8-19-9-12-22(24)13-10-19/h2-15,25H,16-17H2,1H3/b11-8+. The van der Waals surface area contributed by atoms with E-state index >= 15 is 0 Å². The average molecular weight is 412 g/mol. The molecule has 0 aliphatic carbocycles. The minimum atomic E-state index is -3.50. The fourth-order valence-corrected chi connectivity index (χ4v) is 3.96. The molecule has 0 saturated heterocycles. The third-order valence-corrected chi connectivity index (χ3v) is 6.13. The summed E-state index contributed by atoms with van der Waals surface area (Å²) in [5, 5.41) is 0.707. The summed E-state index contributed by atoms with van der Waals surface area (Å²) in [6, 6.07) is 22.4. The van der Waals surface area contributed by atoms with E-state index in [1.54, 1.807) is 24.3 Å². The molecule has 3 nitrogen and oxygen atoms in total. The lowest BCUT2D eigenvalue weighted by Crippen LogP contribution is -2.26. The van der Waals surface area contributed by atoms with Crippen molar-refractivity contribution in [3.63, 3.8) is 0 Å². The number of rotatable bonds is 7. The molecule has 144 valence electrons. The van der Waals surface area contributed by atoms with E-state index < -0.39 is 10.0 Å². The first kappa shape index (κ1) is 20.3. The molecule has 0 spiro atoms. The molecule has 0 aliphatic rings. The van der Waals surface area contributed by atoms with Crippen LogP contribution in [0.15, 0.2) is 77.7 Å². The topological polar surface area (TPSA) is 46.2 Å². The first-order valence-electron chi connectivity index (χ1n) is 9.02. The van der Waals surface area contributed by atoms with Crippen molar-refractivity contribution in [3.05, 3.63) is 100 Å². The first-order chi connectivity index (χ1) is 13.4. The van der Waals surface area contributed by atoms with Crippen LogP contribution in [0.1, 0.15) is 22.3 Å². The Kier molecular flexibility index (Phi) is 6.68. The molecule has 0 unspecified atom stereocenters. The van der Waals surface area contributed by atoms with E-state index in [-0.39, 0.29) is 4.90 Å². The summed E-state index contributed by atoms with van der Waals surface area (Å²) in [6.45, 7) is 2.26. The average Bonchev–Trinajstić information content (AvgIpc) is 2.69. The predicted molar refractivity (Wildman–Crippen MR) is 117 cm³/mol. The van der Waals surface area contributed by atoms with Gasteiger partial charge >= 0.3 is 0 Å². The molecular weight excluding hydrogens is 390 g/mol. The number of sulfonamides is 1. The summed E-state index contributed by atoms with van der Waals surface area (Å²) < 4.78 is 27.5. The molecule has 0 aromatic heterocycles. The first-order valence-corrected chi connectivity index (χ1v) is 10.9. The molecule has 0 saturated carbocycles. The molecule has 0 radical (unpaired) electrons. The zero-order chi connectivity index (χ0) is 20.0. The number of nitrogens with one attached hydrogen (secondary N) is 1. The maximum absolute atomic E-state index is 12.4. The molecule has 0 bridgehead atoms. The summed E-state index contributed by atoms with van der Waals surface area (Å²) in [5.74, 6) is 0. The summed E-state index contributed by atoms with van der Waals surface area (Å²) in [6.07, 6.45) is 4.66. The van der Waals surface area contributed by atoms with E-state index in [1.807, 2.05) is 67.6 Å². The highest BCUT2D eigenvalue weighted by Crippen LogP contribution is 2.16. The van der Waals surface area contributed by atoms with Crippen LogP contribution in [-0.4, -0.2) is 15.0 Å². The maximum atomic E-state index is 12.4. The monoisotopic (exact) mass is 411 g/mol. The van der Waals surface area contributed by atoms with Gasteiger partial charge in [-0.3, -0.25) is 0 Å². The van der Waals surface area contributed by atoms with Crippen LogP contribution in [-0.2, 0) is 16.4 Å². The Morgan fingerprint density at radius 1 is 0.893 bits per heavy atom. The van der Waals surface area contributed by atoms with Gasteiger partial charge < -0.3 is 0 Å². The number of halogens is 1. The zero-order valence-corrected chi connectivity index (χ0v) is 17.2. The Bertz CT molecular complexity index is 1060. The second-order valence-corrected chi connectivity index (χ2v) is 8.75. The second kappa shape index (κ2) is 9.20. The van der Waals surface area contributed by atoms with Crippen LogP contribution in [0.3, 0.4) is 0 Å². The second-order valence-electron chi connectivity index (χ2n) is 6.54. The maximum Gasteiger partial charge on any atom is 0.240 e. The summed E-state index contributed by atoms with van der Waals surface area (Å²) >= 11 is 5.92. The van der Waals surface area contributed by atoms with Gasteiger partial charge in [0.05, 0.1) is 4.90 Å². The quantitative estimate of drug-likeness (QED) is 0.533. The van der Waals surface area contributed by atoms with Gasteiger partial charge in [0, 0.05) is 11.6 Å². The Morgan fingerprint density at radius 3 is 2.29 bits per heavy atom. The van der Waals surface area contributed by atoms with Crippen molar-refractivity contribution in [1.82, 2.24) is 4.72 Å². The highest BCUT2D eigenvalue weighted by atomic mass is 35.5. The Hall–Kier alpha value is -2.40.